The number of rotatable bonds is 4. The molecular weight excluding hydrogens is 238 g/mol. The molecular formula is C13H14F2N2O. The molecule has 96 valence electrons. The molecule has 0 spiro atoms. The fourth-order valence-electron chi connectivity index (χ4n) is 1.47. The number of likely N-dealkylation sites (N-methyl/N-ethyl adjacent to an activating group) is 1. The zero-order valence-electron chi connectivity index (χ0n) is 10.3. The topological polar surface area (TPSA) is 44.1 Å². The lowest BCUT2D eigenvalue weighted by atomic mass is 10.1. The number of carbonyl (C=O) groups excluding carboxylic acids is 1. The minimum Gasteiger partial charge on any atom is -0.342 e. The molecule has 1 rings (SSSR count). The van der Waals surface area contributed by atoms with Crippen LogP contribution in [-0.2, 0) is 11.2 Å². The van der Waals surface area contributed by atoms with E-state index in [9.17, 15) is 13.6 Å². The number of amides is 1. The molecule has 1 amide bonds. The summed E-state index contributed by atoms with van der Waals surface area (Å²) in [5.41, 5.74) is 0.150. The van der Waals surface area contributed by atoms with E-state index in [-0.39, 0.29) is 30.4 Å². The van der Waals surface area contributed by atoms with Crippen LogP contribution in [0.4, 0.5) is 8.78 Å². The van der Waals surface area contributed by atoms with E-state index >= 15 is 0 Å². The minimum atomic E-state index is -0.732. The predicted octanol–water partition coefficient (Wildman–Crippen LogP) is 2.27. The molecule has 0 saturated heterocycles. The van der Waals surface area contributed by atoms with E-state index in [4.69, 9.17) is 5.26 Å². The number of halogens is 2. The number of benzene rings is 1. The average molecular weight is 252 g/mol. The van der Waals surface area contributed by atoms with E-state index < -0.39 is 11.6 Å². The van der Waals surface area contributed by atoms with Gasteiger partial charge in [-0.2, -0.15) is 5.26 Å². The maximum Gasteiger partial charge on any atom is 0.227 e. The number of hydrogen-bond donors (Lipinski definition) is 0. The van der Waals surface area contributed by atoms with Gasteiger partial charge in [-0.3, -0.25) is 4.79 Å². The maximum absolute atomic E-state index is 13.4. The molecule has 0 aliphatic heterocycles. The highest BCUT2D eigenvalue weighted by Crippen LogP contribution is 2.12. The second-order valence-electron chi connectivity index (χ2n) is 4.13. The zero-order valence-corrected chi connectivity index (χ0v) is 10.3. The van der Waals surface area contributed by atoms with E-state index in [1.165, 1.54) is 11.0 Å². The summed E-state index contributed by atoms with van der Waals surface area (Å²) in [6.45, 7) is 1.74. The second kappa shape index (κ2) is 6.10. The van der Waals surface area contributed by atoms with E-state index in [1.807, 2.05) is 6.07 Å². The van der Waals surface area contributed by atoms with Crippen molar-refractivity contribution in [1.82, 2.24) is 4.90 Å². The van der Waals surface area contributed by atoms with Crippen LogP contribution >= 0.6 is 0 Å². The summed E-state index contributed by atoms with van der Waals surface area (Å²) in [6, 6.07) is 4.86. The van der Waals surface area contributed by atoms with Crippen LogP contribution in [0.5, 0.6) is 0 Å². The Morgan fingerprint density at radius 3 is 2.72 bits per heavy atom. The molecule has 1 unspecified atom stereocenters. The standard InChI is InChI=1S/C13H14F2N2O/c1-9(5-6-16)17(2)13(18)7-10-3-4-11(14)8-12(10)15/h3-4,8-9H,5,7H2,1-2H3. The third-order valence-electron chi connectivity index (χ3n) is 2.80. The molecule has 0 aromatic heterocycles. The summed E-state index contributed by atoms with van der Waals surface area (Å²) in [6.07, 6.45) is 0.0759. The molecule has 0 N–H and O–H groups in total. The molecule has 0 fully saturated rings. The molecule has 18 heavy (non-hydrogen) atoms. The molecule has 0 aliphatic rings. The van der Waals surface area contributed by atoms with Crippen LogP contribution in [0.3, 0.4) is 0 Å². The van der Waals surface area contributed by atoms with E-state index in [0.717, 1.165) is 12.1 Å². The quantitative estimate of drug-likeness (QED) is 0.825. The van der Waals surface area contributed by atoms with Gasteiger partial charge in [0.25, 0.3) is 0 Å². The lowest BCUT2D eigenvalue weighted by Gasteiger charge is -2.23. The Morgan fingerprint density at radius 2 is 2.17 bits per heavy atom. The fourth-order valence-corrected chi connectivity index (χ4v) is 1.47. The van der Waals surface area contributed by atoms with E-state index in [0.29, 0.717) is 0 Å². The summed E-state index contributed by atoms with van der Waals surface area (Å²) >= 11 is 0. The van der Waals surface area contributed by atoms with Crippen LogP contribution in [0, 0.1) is 23.0 Å². The van der Waals surface area contributed by atoms with Crippen molar-refractivity contribution >= 4 is 5.91 Å². The fraction of sp³-hybridized carbons (Fsp3) is 0.385. The molecule has 0 heterocycles. The highest BCUT2D eigenvalue weighted by Gasteiger charge is 2.17. The Kier molecular flexibility index (Phi) is 4.78. The number of carbonyl (C=O) groups is 1. The van der Waals surface area contributed by atoms with Gasteiger partial charge in [0.2, 0.25) is 5.91 Å². The van der Waals surface area contributed by atoms with Crippen molar-refractivity contribution in [2.24, 2.45) is 0 Å². The van der Waals surface area contributed by atoms with Crippen molar-refractivity contribution < 1.29 is 13.6 Å². The van der Waals surface area contributed by atoms with E-state index in [1.54, 1.807) is 14.0 Å². The van der Waals surface area contributed by atoms with E-state index in [2.05, 4.69) is 0 Å². The third kappa shape index (κ3) is 3.52. The van der Waals surface area contributed by atoms with Crippen LogP contribution in [0.2, 0.25) is 0 Å². The van der Waals surface area contributed by atoms with Crippen LogP contribution in [0.15, 0.2) is 18.2 Å². The van der Waals surface area contributed by atoms with Gasteiger partial charge in [0.15, 0.2) is 0 Å². The van der Waals surface area contributed by atoms with Gasteiger partial charge in [0, 0.05) is 19.2 Å². The van der Waals surface area contributed by atoms with Gasteiger partial charge in [-0.1, -0.05) is 6.07 Å². The molecule has 5 heteroatoms. The molecule has 1 atom stereocenters. The zero-order chi connectivity index (χ0) is 13.7. The van der Waals surface area contributed by atoms with Crippen LogP contribution < -0.4 is 0 Å². The normalized spacial score (nSPS) is 11.7. The number of nitrogens with zero attached hydrogens (tertiary/aromatic N) is 2. The smallest absolute Gasteiger partial charge is 0.227 e. The van der Waals surface area contributed by atoms with Crippen molar-refractivity contribution in [1.29, 1.82) is 5.26 Å². The lowest BCUT2D eigenvalue weighted by molar-refractivity contribution is -0.130. The molecule has 0 bridgehead atoms. The Labute approximate surface area is 105 Å². The van der Waals surface area contributed by atoms with Crippen molar-refractivity contribution in [3.63, 3.8) is 0 Å². The monoisotopic (exact) mass is 252 g/mol. The molecule has 3 nitrogen and oxygen atoms in total. The van der Waals surface area contributed by atoms with Gasteiger partial charge in [-0.15, -0.1) is 0 Å². The molecule has 0 aliphatic carbocycles. The summed E-state index contributed by atoms with van der Waals surface area (Å²) in [5.74, 6) is -1.71. The van der Waals surface area contributed by atoms with Crippen LogP contribution in [-0.4, -0.2) is 23.9 Å². The number of hydrogen-bond acceptors (Lipinski definition) is 2. The molecule has 0 radical (unpaired) electrons. The Bertz CT molecular complexity index is 482. The summed E-state index contributed by atoms with van der Waals surface area (Å²) in [5, 5.41) is 8.54. The summed E-state index contributed by atoms with van der Waals surface area (Å²) in [4.78, 5) is 13.2. The van der Waals surface area contributed by atoms with Crippen molar-refractivity contribution in [2.75, 3.05) is 7.05 Å². The first-order valence-electron chi connectivity index (χ1n) is 5.52. The van der Waals surface area contributed by atoms with Crippen molar-refractivity contribution in [3.05, 3.63) is 35.4 Å². The van der Waals surface area contributed by atoms with Crippen LogP contribution in [0.1, 0.15) is 18.9 Å². The Balaban J connectivity index is 2.73. The minimum absolute atomic E-state index is 0.140. The van der Waals surface area contributed by atoms with Gasteiger partial charge >= 0.3 is 0 Å². The van der Waals surface area contributed by atoms with Crippen LogP contribution in [0.25, 0.3) is 0 Å². The highest BCUT2D eigenvalue weighted by atomic mass is 19.1. The average Bonchev–Trinajstić information content (AvgIpc) is 2.32. The van der Waals surface area contributed by atoms with Gasteiger partial charge < -0.3 is 4.90 Å². The predicted molar refractivity (Wildman–Crippen MR) is 62.5 cm³/mol. The first-order valence-corrected chi connectivity index (χ1v) is 5.52. The molecule has 1 aromatic carbocycles. The molecule has 0 saturated carbocycles. The van der Waals surface area contributed by atoms with Gasteiger partial charge in [0.05, 0.1) is 18.9 Å². The number of nitriles is 1. The van der Waals surface area contributed by atoms with Gasteiger partial charge in [0.1, 0.15) is 11.6 Å². The molecule has 1 aromatic rings. The van der Waals surface area contributed by atoms with Crippen molar-refractivity contribution in [3.8, 4) is 6.07 Å². The maximum atomic E-state index is 13.4. The van der Waals surface area contributed by atoms with Gasteiger partial charge in [-0.25, -0.2) is 8.78 Å². The summed E-state index contributed by atoms with van der Waals surface area (Å²) in [7, 11) is 1.56. The van der Waals surface area contributed by atoms with Gasteiger partial charge in [-0.05, 0) is 18.6 Å². The first-order chi connectivity index (χ1) is 8.45. The lowest BCUT2D eigenvalue weighted by Crippen LogP contribution is -2.36. The Morgan fingerprint density at radius 1 is 1.50 bits per heavy atom. The third-order valence-corrected chi connectivity index (χ3v) is 2.80. The Hall–Kier alpha value is -1.96. The highest BCUT2D eigenvalue weighted by molar-refractivity contribution is 5.78. The SMILES string of the molecule is CC(CC#N)N(C)C(=O)Cc1ccc(F)cc1F. The second-order valence-corrected chi connectivity index (χ2v) is 4.13. The van der Waals surface area contributed by atoms with Crippen molar-refractivity contribution in [2.45, 2.75) is 25.8 Å². The largest absolute Gasteiger partial charge is 0.342 e. The first kappa shape index (κ1) is 14.1. The summed E-state index contributed by atoms with van der Waals surface area (Å²) < 4.78 is 26.1.